The predicted octanol–water partition coefficient (Wildman–Crippen LogP) is 1.36. The Labute approximate surface area is 102 Å². The Morgan fingerprint density at radius 1 is 1.53 bits per heavy atom. The molecule has 2 atom stereocenters. The van der Waals surface area contributed by atoms with Crippen molar-refractivity contribution in [2.75, 3.05) is 13.1 Å². The second kappa shape index (κ2) is 5.14. The molecular formula is C12H22N4O. The quantitative estimate of drug-likeness (QED) is 0.861. The molecule has 1 fully saturated rings. The van der Waals surface area contributed by atoms with Crippen LogP contribution in [0.1, 0.15) is 44.8 Å². The molecule has 96 valence electrons. The van der Waals surface area contributed by atoms with E-state index in [2.05, 4.69) is 35.8 Å². The summed E-state index contributed by atoms with van der Waals surface area (Å²) in [5, 5.41) is 4.01. The Balaban J connectivity index is 1.92. The molecule has 0 radical (unpaired) electrons. The second-order valence-corrected chi connectivity index (χ2v) is 5.37. The number of nitrogens with zero attached hydrogens (tertiary/aromatic N) is 3. The maximum absolute atomic E-state index is 6.07. The van der Waals surface area contributed by atoms with Gasteiger partial charge in [0.2, 0.25) is 5.89 Å². The SMILES string of the molecule is CC(C)c1nc(CN2CCC(C)C(N)C2)no1. The van der Waals surface area contributed by atoms with Gasteiger partial charge in [-0.3, -0.25) is 4.90 Å². The summed E-state index contributed by atoms with van der Waals surface area (Å²) in [6, 6.07) is 0.264. The van der Waals surface area contributed by atoms with E-state index < -0.39 is 0 Å². The highest BCUT2D eigenvalue weighted by molar-refractivity contribution is 4.92. The van der Waals surface area contributed by atoms with Gasteiger partial charge in [0.1, 0.15) is 0 Å². The molecule has 0 aromatic carbocycles. The van der Waals surface area contributed by atoms with Gasteiger partial charge in [-0.05, 0) is 18.9 Å². The van der Waals surface area contributed by atoms with Crippen molar-refractivity contribution in [2.45, 2.75) is 45.7 Å². The average molecular weight is 238 g/mol. The zero-order valence-electron chi connectivity index (χ0n) is 10.9. The van der Waals surface area contributed by atoms with Crippen molar-refractivity contribution in [3.63, 3.8) is 0 Å². The van der Waals surface area contributed by atoms with Crippen LogP contribution in [0.25, 0.3) is 0 Å². The van der Waals surface area contributed by atoms with Crippen LogP contribution < -0.4 is 5.73 Å². The Kier molecular flexibility index (Phi) is 3.79. The van der Waals surface area contributed by atoms with Gasteiger partial charge in [-0.25, -0.2) is 0 Å². The van der Waals surface area contributed by atoms with E-state index in [0.717, 1.165) is 37.8 Å². The molecule has 17 heavy (non-hydrogen) atoms. The molecule has 1 aromatic heterocycles. The first-order chi connectivity index (χ1) is 8.06. The van der Waals surface area contributed by atoms with Gasteiger partial charge >= 0.3 is 0 Å². The molecule has 1 aliphatic rings. The first kappa shape index (κ1) is 12.5. The molecule has 2 N–H and O–H groups in total. The summed E-state index contributed by atoms with van der Waals surface area (Å²) in [5.74, 6) is 2.40. The van der Waals surface area contributed by atoms with Crippen molar-refractivity contribution >= 4 is 0 Å². The molecule has 0 bridgehead atoms. The van der Waals surface area contributed by atoms with Crippen molar-refractivity contribution in [1.82, 2.24) is 15.0 Å². The van der Waals surface area contributed by atoms with Crippen molar-refractivity contribution < 1.29 is 4.52 Å². The highest BCUT2D eigenvalue weighted by atomic mass is 16.5. The van der Waals surface area contributed by atoms with E-state index in [9.17, 15) is 0 Å². The smallest absolute Gasteiger partial charge is 0.229 e. The van der Waals surface area contributed by atoms with E-state index >= 15 is 0 Å². The molecule has 0 saturated carbocycles. The summed E-state index contributed by atoms with van der Waals surface area (Å²) in [4.78, 5) is 6.69. The van der Waals surface area contributed by atoms with Crippen molar-refractivity contribution in [3.05, 3.63) is 11.7 Å². The van der Waals surface area contributed by atoms with Crippen molar-refractivity contribution in [2.24, 2.45) is 11.7 Å². The van der Waals surface area contributed by atoms with Gasteiger partial charge in [0, 0.05) is 18.5 Å². The number of rotatable bonds is 3. The molecule has 2 unspecified atom stereocenters. The van der Waals surface area contributed by atoms with Crippen LogP contribution in [0.2, 0.25) is 0 Å². The molecule has 0 aliphatic carbocycles. The molecule has 5 heteroatoms. The highest BCUT2D eigenvalue weighted by Crippen LogP contribution is 2.17. The van der Waals surface area contributed by atoms with E-state index in [4.69, 9.17) is 10.3 Å². The molecule has 2 rings (SSSR count). The molecule has 0 amide bonds. The van der Waals surface area contributed by atoms with Crippen LogP contribution in [0.5, 0.6) is 0 Å². The summed E-state index contributed by atoms with van der Waals surface area (Å²) in [6.07, 6.45) is 1.15. The number of likely N-dealkylation sites (tertiary alicyclic amines) is 1. The van der Waals surface area contributed by atoms with Crippen LogP contribution in [0.4, 0.5) is 0 Å². The third kappa shape index (κ3) is 3.04. The van der Waals surface area contributed by atoms with Crippen molar-refractivity contribution in [1.29, 1.82) is 0 Å². The third-order valence-electron chi connectivity index (χ3n) is 3.44. The highest BCUT2D eigenvalue weighted by Gasteiger charge is 2.24. The molecule has 1 aliphatic heterocycles. The summed E-state index contributed by atoms with van der Waals surface area (Å²) in [6.45, 7) is 9.06. The normalized spacial score (nSPS) is 26.6. The lowest BCUT2D eigenvalue weighted by atomic mass is 9.94. The monoisotopic (exact) mass is 238 g/mol. The Bertz CT molecular complexity index is 363. The number of hydrogen-bond donors (Lipinski definition) is 1. The largest absolute Gasteiger partial charge is 0.339 e. The predicted molar refractivity (Wildman–Crippen MR) is 65.4 cm³/mol. The van der Waals surface area contributed by atoms with Gasteiger partial charge in [0.05, 0.1) is 6.54 Å². The van der Waals surface area contributed by atoms with Gasteiger partial charge in [0.25, 0.3) is 0 Å². The molecule has 5 nitrogen and oxygen atoms in total. The second-order valence-electron chi connectivity index (χ2n) is 5.37. The van der Waals surface area contributed by atoms with Crippen LogP contribution >= 0.6 is 0 Å². The standard InChI is InChI=1S/C12H22N4O/c1-8(2)12-14-11(15-17-12)7-16-5-4-9(3)10(13)6-16/h8-10H,4-7,13H2,1-3H3. The lowest BCUT2D eigenvalue weighted by Crippen LogP contribution is -2.47. The first-order valence-corrected chi connectivity index (χ1v) is 6.36. The Morgan fingerprint density at radius 2 is 2.29 bits per heavy atom. The van der Waals surface area contributed by atoms with E-state index in [1.165, 1.54) is 0 Å². The fraction of sp³-hybridized carbons (Fsp3) is 0.833. The minimum absolute atomic E-state index is 0.264. The van der Waals surface area contributed by atoms with Gasteiger partial charge in [-0.15, -0.1) is 0 Å². The number of aromatic nitrogens is 2. The maximum atomic E-state index is 6.07. The summed E-state index contributed by atoms with van der Waals surface area (Å²) >= 11 is 0. The summed E-state index contributed by atoms with van der Waals surface area (Å²) in [7, 11) is 0. The van der Waals surface area contributed by atoms with E-state index in [0.29, 0.717) is 11.8 Å². The van der Waals surface area contributed by atoms with Crippen LogP contribution in [0.15, 0.2) is 4.52 Å². The Morgan fingerprint density at radius 3 is 2.88 bits per heavy atom. The zero-order valence-corrected chi connectivity index (χ0v) is 10.9. The molecule has 0 spiro atoms. The van der Waals surface area contributed by atoms with Crippen LogP contribution in [0, 0.1) is 5.92 Å². The van der Waals surface area contributed by atoms with Gasteiger partial charge < -0.3 is 10.3 Å². The fourth-order valence-corrected chi connectivity index (χ4v) is 2.08. The number of nitrogens with two attached hydrogens (primary N) is 1. The molecule has 2 heterocycles. The van der Waals surface area contributed by atoms with E-state index in [-0.39, 0.29) is 6.04 Å². The lowest BCUT2D eigenvalue weighted by molar-refractivity contribution is 0.157. The van der Waals surface area contributed by atoms with Gasteiger partial charge in [-0.1, -0.05) is 25.9 Å². The van der Waals surface area contributed by atoms with Gasteiger partial charge in [-0.2, -0.15) is 4.98 Å². The third-order valence-corrected chi connectivity index (χ3v) is 3.44. The van der Waals surface area contributed by atoms with Crippen LogP contribution in [-0.4, -0.2) is 34.2 Å². The Hall–Kier alpha value is -0.940. The average Bonchev–Trinajstić information content (AvgIpc) is 2.72. The lowest BCUT2D eigenvalue weighted by Gasteiger charge is -2.34. The molecule has 1 aromatic rings. The first-order valence-electron chi connectivity index (χ1n) is 6.36. The summed E-state index contributed by atoms with van der Waals surface area (Å²) in [5.41, 5.74) is 6.07. The van der Waals surface area contributed by atoms with E-state index in [1.807, 2.05) is 0 Å². The van der Waals surface area contributed by atoms with Crippen LogP contribution in [0.3, 0.4) is 0 Å². The fourth-order valence-electron chi connectivity index (χ4n) is 2.08. The number of piperidine rings is 1. The topological polar surface area (TPSA) is 68.2 Å². The van der Waals surface area contributed by atoms with Crippen molar-refractivity contribution in [3.8, 4) is 0 Å². The minimum Gasteiger partial charge on any atom is -0.339 e. The minimum atomic E-state index is 0.264. The zero-order chi connectivity index (χ0) is 12.4. The van der Waals surface area contributed by atoms with Gasteiger partial charge in [0.15, 0.2) is 5.82 Å². The molecule has 1 saturated heterocycles. The van der Waals surface area contributed by atoms with E-state index in [1.54, 1.807) is 0 Å². The molecular weight excluding hydrogens is 216 g/mol. The maximum Gasteiger partial charge on any atom is 0.229 e. The summed E-state index contributed by atoms with van der Waals surface area (Å²) < 4.78 is 5.20. The number of hydrogen-bond acceptors (Lipinski definition) is 5. The van der Waals surface area contributed by atoms with Crippen LogP contribution in [-0.2, 0) is 6.54 Å².